The van der Waals surface area contributed by atoms with Crippen LogP contribution in [0.3, 0.4) is 0 Å². The summed E-state index contributed by atoms with van der Waals surface area (Å²) in [4.78, 5) is 24.9. The summed E-state index contributed by atoms with van der Waals surface area (Å²) in [5.41, 5.74) is 3.85. The smallest absolute Gasteiger partial charge is 0.313 e. The molecule has 1 aliphatic heterocycles. The molecule has 2 aromatic carbocycles. The van der Waals surface area contributed by atoms with Crippen LogP contribution in [0, 0.1) is 27.7 Å². The molecular weight excluding hydrogens is 414 g/mol. The van der Waals surface area contributed by atoms with Gasteiger partial charge in [-0.05, 0) is 63.3 Å². The van der Waals surface area contributed by atoms with E-state index in [9.17, 15) is 18.0 Å². The molecule has 1 aliphatic rings. The second kappa shape index (κ2) is 9.20. The lowest BCUT2D eigenvalue weighted by molar-refractivity contribution is -0.136. The van der Waals surface area contributed by atoms with Gasteiger partial charge < -0.3 is 10.6 Å². The third-order valence-electron chi connectivity index (χ3n) is 5.59. The van der Waals surface area contributed by atoms with Crippen molar-refractivity contribution in [1.29, 1.82) is 0 Å². The minimum absolute atomic E-state index is 0.0865. The van der Waals surface area contributed by atoms with Crippen molar-refractivity contribution in [2.45, 2.75) is 51.5 Å². The number of para-hydroxylation sites is 1. The number of carbonyl (C=O) groups is 2. The molecule has 8 heteroatoms. The van der Waals surface area contributed by atoms with E-state index in [4.69, 9.17) is 0 Å². The van der Waals surface area contributed by atoms with Crippen LogP contribution in [0.15, 0.2) is 41.3 Å². The third-order valence-corrected chi connectivity index (χ3v) is 7.85. The highest BCUT2D eigenvalue weighted by molar-refractivity contribution is 7.89. The Morgan fingerprint density at radius 2 is 1.65 bits per heavy atom. The fourth-order valence-electron chi connectivity index (χ4n) is 4.20. The van der Waals surface area contributed by atoms with Crippen molar-refractivity contribution in [3.8, 4) is 0 Å². The molecule has 2 aromatic rings. The van der Waals surface area contributed by atoms with Crippen molar-refractivity contribution in [1.82, 2.24) is 9.62 Å². The minimum atomic E-state index is -3.71. The van der Waals surface area contributed by atoms with E-state index >= 15 is 0 Å². The number of sulfonamides is 1. The van der Waals surface area contributed by atoms with Crippen LogP contribution in [0.4, 0.5) is 5.69 Å². The molecule has 2 amide bonds. The van der Waals surface area contributed by atoms with E-state index in [1.54, 1.807) is 26.0 Å². The summed E-state index contributed by atoms with van der Waals surface area (Å²) in [7, 11) is -3.71. The first-order chi connectivity index (χ1) is 14.6. The van der Waals surface area contributed by atoms with Crippen LogP contribution in [0.25, 0.3) is 0 Å². The minimum Gasteiger partial charge on any atom is -0.346 e. The zero-order chi connectivity index (χ0) is 22.8. The van der Waals surface area contributed by atoms with E-state index in [-0.39, 0.29) is 12.6 Å². The zero-order valence-corrected chi connectivity index (χ0v) is 19.2. The molecule has 0 aromatic heterocycles. The van der Waals surface area contributed by atoms with Gasteiger partial charge in [-0.3, -0.25) is 9.59 Å². The number of anilines is 1. The predicted octanol–water partition coefficient (Wildman–Crippen LogP) is 2.83. The van der Waals surface area contributed by atoms with Gasteiger partial charge >= 0.3 is 11.8 Å². The monoisotopic (exact) mass is 443 g/mol. The summed E-state index contributed by atoms with van der Waals surface area (Å²) >= 11 is 0. The maximum Gasteiger partial charge on any atom is 0.313 e. The molecule has 0 aliphatic carbocycles. The first-order valence-electron chi connectivity index (χ1n) is 10.4. The van der Waals surface area contributed by atoms with Gasteiger partial charge in [-0.2, -0.15) is 4.31 Å². The van der Waals surface area contributed by atoms with Gasteiger partial charge in [0.1, 0.15) is 0 Å². The number of carbonyl (C=O) groups excluding carboxylic acids is 2. The number of hydrogen-bond donors (Lipinski definition) is 2. The van der Waals surface area contributed by atoms with Crippen LogP contribution in [0.2, 0.25) is 0 Å². The number of hydrogen-bond acceptors (Lipinski definition) is 4. The molecule has 1 saturated heterocycles. The van der Waals surface area contributed by atoms with Crippen LogP contribution in [0.5, 0.6) is 0 Å². The fraction of sp³-hybridized carbons (Fsp3) is 0.391. The van der Waals surface area contributed by atoms with Crippen LogP contribution in [-0.2, 0) is 19.6 Å². The maximum absolute atomic E-state index is 13.4. The average Bonchev–Trinajstić information content (AvgIpc) is 3.16. The summed E-state index contributed by atoms with van der Waals surface area (Å²) in [5, 5.41) is 5.19. The first-order valence-corrected chi connectivity index (χ1v) is 11.8. The third kappa shape index (κ3) is 4.97. The summed E-state index contributed by atoms with van der Waals surface area (Å²) < 4.78 is 28.2. The highest BCUT2D eigenvalue weighted by atomic mass is 32.2. The summed E-state index contributed by atoms with van der Waals surface area (Å²) in [6.45, 7) is 7.86. The standard InChI is InChI=1S/C23H29N3O4S/c1-15-12-17(3)21(18(4)13-15)31(29,30)26-11-7-9-19(26)14-24-22(27)23(28)25-20-10-6-5-8-16(20)2/h5-6,8,10,12-13,19H,7,9,11,14H2,1-4H3,(H,24,27)(H,25,28)/t19-/m1/s1. The summed E-state index contributed by atoms with van der Waals surface area (Å²) in [6.07, 6.45) is 1.34. The Labute approximate surface area is 183 Å². The van der Waals surface area contributed by atoms with Crippen LogP contribution < -0.4 is 10.6 Å². The Hall–Kier alpha value is -2.71. The van der Waals surface area contributed by atoms with Crippen LogP contribution >= 0.6 is 0 Å². The number of amides is 2. The molecule has 1 heterocycles. The second-order valence-corrected chi connectivity index (χ2v) is 9.95. The maximum atomic E-state index is 13.4. The zero-order valence-electron chi connectivity index (χ0n) is 18.4. The van der Waals surface area contributed by atoms with E-state index in [1.165, 1.54) is 4.31 Å². The number of benzene rings is 2. The summed E-state index contributed by atoms with van der Waals surface area (Å²) in [5.74, 6) is -1.55. The Kier molecular flexibility index (Phi) is 6.81. The van der Waals surface area contributed by atoms with Gasteiger partial charge in [0.15, 0.2) is 0 Å². The number of aryl methyl sites for hydroxylation is 4. The molecule has 0 radical (unpaired) electrons. The predicted molar refractivity (Wildman–Crippen MR) is 120 cm³/mol. The molecule has 31 heavy (non-hydrogen) atoms. The van der Waals surface area contributed by atoms with Gasteiger partial charge in [-0.25, -0.2) is 8.42 Å². The lowest BCUT2D eigenvalue weighted by atomic mass is 10.1. The van der Waals surface area contributed by atoms with Crippen molar-refractivity contribution in [3.05, 3.63) is 58.7 Å². The molecule has 0 bridgehead atoms. The van der Waals surface area contributed by atoms with Gasteiger partial charge in [0.05, 0.1) is 4.90 Å². The molecule has 7 nitrogen and oxygen atoms in total. The van der Waals surface area contributed by atoms with Gasteiger partial charge in [0.2, 0.25) is 10.0 Å². The molecule has 1 atom stereocenters. The van der Waals surface area contributed by atoms with Crippen molar-refractivity contribution in [3.63, 3.8) is 0 Å². The lowest BCUT2D eigenvalue weighted by Gasteiger charge is -2.26. The fourth-order valence-corrected chi connectivity index (χ4v) is 6.31. The van der Waals surface area contributed by atoms with Gasteiger partial charge in [-0.1, -0.05) is 35.9 Å². The second-order valence-electron chi connectivity index (χ2n) is 8.12. The first kappa shape index (κ1) is 23.0. The number of rotatable bonds is 5. The molecule has 0 saturated carbocycles. The Balaban J connectivity index is 1.69. The quantitative estimate of drug-likeness (QED) is 0.695. The van der Waals surface area contributed by atoms with Gasteiger partial charge in [0, 0.05) is 24.8 Å². The topological polar surface area (TPSA) is 95.6 Å². The highest BCUT2D eigenvalue weighted by Crippen LogP contribution is 2.30. The molecule has 0 unspecified atom stereocenters. The average molecular weight is 444 g/mol. The largest absolute Gasteiger partial charge is 0.346 e. The molecular formula is C23H29N3O4S. The normalized spacial score (nSPS) is 16.8. The van der Waals surface area contributed by atoms with E-state index in [0.717, 1.165) is 11.1 Å². The molecule has 0 spiro atoms. The number of nitrogens with zero attached hydrogens (tertiary/aromatic N) is 1. The highest BCUT2D eigenvalue weighted by Gasteiger charge is 2.37. The SMILES string of the molecule is Cc1cc(C)c(S(=O)(=O)N2CCC[C@@H]2CNC(=O)C(=O)Nc2ccccc2C)c(C)c1. The molecule has 3 rings (SSSR count). The Morgan fingerprint density at radius 1 is 1.00 bits per heavy atom. The van der Waals surface area contributed by atoms with Crippen LogP contribution in [0.1, 0.15) is 35.1 Å². The van der Waals surface area contributed by atoms with E-state index in [0.29, 0.717) is 41.1 Å². The molecule has 1 fully saturated rings. The van der Waals surface area contributed by atoms with Crippen molar-refractivity contribution in [2.24, 2.45) is 0 Å². The lowest BCUT2D eigenvalue weighted by Crippen LogP contribution is -2.45. The van der Waals surface area contributed by atoms with Crippen molar-refractivity contribution < 1.29 is 18.0 Å². The van der Waals surface area contributed by atoms with Gasteiger partial charge in [0.25, 0.3) is 0 Å². The van der Waals surface area contributed by atoms with Crippen LogP contribution in [-0.4, -0.2) is 43.7 Å². The van der Waals surface area contributed by atoms with E-state index in [1.807, 2.05) is 38.1 Å². The van der Waals surface area contributed by atoms with E-state index < -0.39 is 21.8 Å². The van der Waals surface area contributed by atoms with Crippen molar-refractivity contribution in [2.75, 3.05) is 18.4 Å². The molecule has 166 valence electrons. The van der Waals surface area contributed by atoms with Gasteiger partial charge in [-0.15, -0.1) is 0 Å². The van der Waals surface area contributed by atoms with E-state index in [2.05, 4.69) is 10.6 Å². The Bertz CT molecular complexity index is 1090. The van der Waals surface area contributed by atoms with Crippen molar-refractivity contribution >= 4 is 27.5 Å². The summed E-state index contributed by atoms with van der Waals surface area (Å²) in [6, 6.07) is 10.5. The number of nitrogens with one attached hydrogen (secondary N) is 2. The Morgan fingerprint density at radius 3 is 2.29 bits per heavy atom. The molecule has 2 N–H and O–H groups in total.